The van der Waals surface area contributed by atoms with Gasteiger partial charge < -0.3 is 14.7 Å². The number of hydrogen-bond donors (Lipinski definition) is 1. The number of ether oxygens (including phenoxy) is 1. The van der Waals surface area contributed by atoms with Gasteiger partial charge in [-0.25, -0.2) is 0 Å². The summed E-state index contributed by atoms with van der Waals surface area (Å²) in [7, 11) is 1.62. The van der Waals surface area contributed by atoms with E-state index in [4.69, 9.17) is 4.74 Å². The van der Waals surface area contributed by atoms with Gasteiger partial charge in [0.05, 0.1) is 26.2 Å². The molecule has 1 N–H and O–H groups in total. The summed E-state index contributed by atoms with van der Waals surface area (Å²) in [5.74, 6) is 0.819. The summed E-state index contributed by atoms with van der Waals surface area (Å²) >= 11 is 0. The third-order valence-corrected chi connectivity index (χ3v) is 3.69. The molecular formula is C15H21NO3. The van der Waals surface area contributed by atoms with E-state index < -0.39 is 0 Å². The van der Waals surface area contributed by atoms with Gasteiger partial charge in [0.1, 0.15) is 5.75 Å². The lowest BCUT2D eigenvalue weighted by Crippen LogP contribution is -2.38. The summed E-state index contributed by atoms with van der Waals surface area (Å²) in [6.07, 6.45) is 2.20. The van der Waals surface area contributed by atoms with Gasteiger partial charge in [-0.3, -0.25) is 4.79 Å². The fraction of sp³-hybridized carbons (Fsp3) is 0.533. The molecule has 19 heavy (non-hydrogen) atoms. The number of nitrogens with zero attached hydrogens (tertiary/aromatic N) is 1. The Morgan fingerprint density at radius 1 is 1.53 bits per heavy atom. The molecule has 0 radical (unpaired) electrons. The molecule has 1 unspecified atom stereocenters. The fourth-order valence-corrected chi connectivity index (χ4v) is 2.66. The van der Waals surface area contributed by atoms with Crippen molar-refractivity contribution in [3.63, 3.8) is 0 Å². The monoisotopic (exact) mass is 263 g/mol. The molecule has 1 aromatic carbocycles. The van der Waals surface area contributed by atoms with Crippen molar-refractivity contribution in [3.8, 4) is 5.75 Å². The number of aryl methyl sites for hydroxylation is 1. The number of aliphatic hydroxyl groups is 1. The van der Waals surface area contributed by atoms with E-state index in [1.165, 1.54) is 0 Å². The third-order valence-electron chi connectivity index (χ3n) is 3.69. The van der Waals surface area contributed by atoms with Crippen LogP contribution in [0.3, 0.4) is 0 Å². The van der Waals surface area contributed by atoms with Crippen molar-refractivity contribution in [1.82, 2.24) is 4.90 Å². The summed E-state index contributed by atoms with van der Waals surface area (Å²) < 4.78 is 5.30. The number of carbonyl (C=O) groups is 1. The number of amides is 1. The molecule has 1 fully saturated rings. The summed E-state index contributed by atoms with van der Waals surface area (Å²) in [6.45, 7) is 2.80. The van der Waals surface area contributed by atoms with Gasteiger partial charge in [0.25, 0.3) is 0 Å². The third kappa shape index (κ3) is 3.07. The zero-order valence-electron chi connectivity index (χ0n) is 11.6. The largest absolute Gasteiger partial charge is 0.496 e. The number of rotatable bonds is 4. The first kappa shape index (κ1) is 13.9. The molecule has 1 aliphatic rings. The Bertz CT molecular complexity index is 459. The predicted molar refractivity (Wildman–Crippen MR) is 73.3 cm³/mol. The van der Waals surface area contributed by atoms with E-state index in [1.54, 1.807) is 12.0 Å². The van der Waals surface area contributed by atoms with Crippen molar-refractivity contribution in [1.29, 1.82) is 0 Å². The molecule has 4 heteroatoms. The molecule has 1 heterocycles. The Hall–Kier alpha value is -1.55. The quantitative estimate of drug-likeness (QED) is 0.896. The minimum absolute atomic E-state index is 0.0108. The molecule has 1 saturated heterocycles. The van der Waals surface area contributed by atoms with Gasteiger partial charge in [0, 0.05) is 12.1 Å². The molecule has 2 rings (SSSR count). The normalized spacial score (nSPS) is 18.7. The van der Waals surface area contributed by atoms with Gasteiger partial charge in [-0.1, -0.05) is 17.7 Å². The SMILES string of the molecule is COc1ccc(C)cc1CC(=O)N1CCCC1CO. The highest BCUT2D eigenvalue weighted by Crippen LogP contribution is 2.23. The molecule has 1 aromatic rings. The maximum atomic E-state index is 12.3. The molecule has 1 atom stereocenters. The zero-order chi connectivity index (χ0) is 13.8. The van der Waals surface area contributed by atoms with Crippen LogP contribution in [-0.4, -0.2) is 42.2 Å². The number of hydrogen-bond acceptors (Lipinski definition) is 3. The van der Waals surface area contributed by atoms with Crippen molar-refractivity contribution >= 4 is 5.91 Å². The van der Waals surface area contributed by atoms with E-state index >= 15 is 0 Å². The number of aliphatic hydroxyl groups excluding tert-OH is 1. The maximum absolute atomic E-state index is 12.3. The first-order valence-corrected chi connectivity index (χ1v) is 6.69. The average Bonchev–Trinajstić information content (AvgIpc) is 2.87. The van der Waals surface area contributed by atoms with Crippen molar-refractivity contribution in [2.24, 2.45) is 0 Å². The van der Waals surface area contributed by atoms with Crippen LogP contribution in [0.5, 0.6) is 5.75 Å². The molecule has 104 valence electrons. The van der Waals surface area contributed by atoms with E-state index in [-0.39, 0.29) is 18.6 Å². The lowest BCUT2D eigenvalue weighted by molar-refractivity contribution is -0.132. The topological polar surface area (TPSA) is 49.8 Å². The van der Waals surface area contributed by atoms with Crippen molar-refractivity contribution in [3.05, 3.63) is 29.3 Å². The summed E-state index contributed by atoms with van der Waals surface area (Å²) in [5, 5.41) is 9.28. The van der Waals surface area contributed by atoms with Crippen LogP contribution >= 0.6 is 0 Å². The van der Waals surface area contributed by atoms with E-state index in [0.29, 0.717) is 6.42 Å². The number of carbonyl (C=O) groups excluding carboxylic acids is 1. The van der Waals surface area contributed by atoms with E-state index in [2.05, 4.69) is 0 Å². The average molecular weight is 263 g/mol. The zero-order valence-corrected chi connectivity index (χ0v) is 11.6. The Morgan fingerprint density at radius 3 is 3.00 bits per heavy atom. The second kappa shape index (κ2) is 6.06. The predicted octanol–water partition coefficient (Wildman–Crippen LogP) is 1.53. The van der Waals surface area contributed by atoms with Crippen LogP contribution in [0.1, 0.15) is 24.0 Å². The van der Waals surface area contributed by atoms with Crippen molar-refractivity contribution in [2.75, 3.05) is 20.3 Å². The Kier molecular flexibility index (Phi) is 4.43. The highest BCUT2D eigenvalue weighted by atomic mass is 16.5. The molecule has 0 spiro atoms. The molecule has 0 aromatic heterocycles. The lowest BCUT2D eigenvalue weighted by atomic mass is 10.1. The van der Waals surface area contributed by atoms with Crippen LogP contribution in [0.15, 0.2) is 18.2 Å². The van der Waals surface area contributed by atoms with Crippen LogP contribution in [0.25, 0.3) is 0 Å². The first-order chi connectivity index (χ1) is 9.15. The molecule has 4 nitrogen and oxygen atoms in total. The van der Waals surface area contributed by atoms with Gasteiger partial charge in [0.2, 0.25) is 5.91 Å². The van der Waals surface area contributed by atoms with E-state index in [1.807, 2.05) is 25.1 Å². The number of likely N-dealkylation sites (tertiary alicyclic amines) is 1. The Labute approximate surface area is 114 Å². The van der Waals surface area contributed by atoms with Gasteiger partial charge in [-0.05, 0) is 25.8 Å². The minimum atomic E-state index is -0.0108. The first-order valence-electron chi connectivity index (χ1n) is 6.69. The molecule has 0 aliphatic carbocycles. The molecule has 0 saturated carbocycles. The number of methoxy groups -OCH3 is 1. The second-order valence-electron chi connectivity index (χ2n) is 5.06. The van der Waals surface area contributed by atoms with Crippen LogP contribution in [0.2, 0.25) is 0 Å². The van der Waals surface area contributed by atoms with Gasteiger partial charge >= 0.3 is 0 Å². The van der Waals surface area contributed by atoms with Crippen LogP contribution in [0.4, 0.5) is 0 Å². The van der Waals surface area contributed by atoms with Crippen molar-refractivity contribution < 1.29 is 14.6 Å². The standard InChI is InChI=1S/C15H21NO3/c1-11-5-6-14(19-2)12(8-11)9-15(18)16-7-3-4-13(16)10-17/h5-6,8,13,17H,3-4,7,9-10H2,1-2H3. The van der Waals surface area contributed by atoms with Crippen LogP contribution in [-0.2, 0) is 11.2 Å². The summed E-state index contributed by atoms with van der Waals surface area (Å²) in [4.78, 5) is 14.1. The van der Waals surface area contributed by atoms with E-state index in [9.17, 15) is 9.90 Å². The molecule has 1 amide bonds. The highest BCUT2D eigenvalue weighted by molar-refractivity contribution is 5.80. The van der Waals surface area contributed by atoms with Gasteiger partial charge in [-0.2, -0.15) is 0 Å². The smallest absolute Gasteiger partial charge is 0.227 e. The Balaban J connectivity index is 2.12. The summed E-state index contributed by atoms with van der Waals surface area (Å²) in [5.41, 5.74) is 2.03. The molecular weight excluding hydrogens is 242 g/mol. The van der Waals surface area contributed by atoms with Crippen LogP contribution in [0, 0.1) is 6.92 Å². The maximum Gasteiger partial charge on any atom is 0.227 e. The molecule has 1 aliphatic heterocycles. The number of benzene rings is 1. The van der Waals surface area contributed by atoms with E-state index in [0.717, 1.165) is 36.3 Å². The van der Waals surface area contributed by atoms with Crippen molar-refractivity contribution in [2.45, 2.75) is 32.2 Å². The van der Waals surface area contributed by atoms with Gasteiger partial charge in [0.15, 0.2) is 0 Å². The van der Waals surface area contributed by atoms with Crippen LogP contribution < -0.4 is 4.74 Å². The second-order valence-corrected chi connectivity index (χ2v) is 5.06. The fourth-order valence-electron chi connectivity index (χ4n) is 2.66. The lowest BCUT2D eigenvalue weighted by Gasteiger charge is -2.23. The molecule has 0 bridgehead atoms. The van der Waals surface area contributed by atoms with Gasteiger partial charge in [-0.15, -0.1) is 0 Å². The highest BCUT2D eigenvalue weighted by Gasteiger charge is 2.28. The summed E-state index contributed by atoms with van der Waals surface area (Å²) in [6, 6.07) is 5.84. The Morgan fingerprint density at radius 2 is 2.32 bits per heavy atom. The minimum Gasteiger partial charge on any atom is -0.496 e.